The summed E-state index contributed by atoms with van der Waals surface area (Å²) in [6.07, 6.45) is 0. The fraction of sp³-hybridized carbons (Fsp3) is 0.667. The lowest BCUT2D eigenvalue weighted by atomic mass is 10.1. The summed E-state index contributed by atoms with van der Waals surface area (Å²) in [5, 5.41) is 7.98. The zero-order valence-corrected chi connectivity index (χ0v) is 4.55. The van der Waals surface area contributed by atoms with Crippen LogP contribution in [-0.2, 0) is 9.55 Å². The Bertz CT molecular complexity index is 76.9. The summed E-state index contributed by atoms with van der Waals surface area (Å²) in [5.74, 6) is -0.938. The van der Waals surface area contributed by atoms with Gasteiger partial charge in [-0.25, -0.2) is 5.48 Å². The first kappa shape index (κ1) is 7.45. The summed E-state index contributed by atoms with van der Waals surface area (Å²) >= 11 is 0. The molecule has 0 aliphatic rings. The minimum absolute atomic E-state index is 0.176. The van der Waals surface area contributed by atoms with Crippen molar-refractivity contribution < 1.29 is 14.7 Å². The summed E-state index contributed by atoms with van der Waals surface area (Å²) in [4.78, 5) is 9.72. The molecule has 0 aliphatic carbocycles. The molecule has 0 atom stereocenters. The summed E-state index contributed by atoms with van der Waals surface area (Å²) < 4.78 is 4.39. The maximum Gasteiger partial charge on any atom is 0.320 e. The minimum atomic E-state index is -0.938. The molecule has 0 bridgehead atoms. The van der Waals surface area contributed by atoms with E-state index < -0.39 is 5.97 Å². The van der Waals surface area contributed by atoms with Crippen LogP contribution in [0.2, 0.25) is 6.82 Å². The van der Waals surface area contributed by atoms with Crippen molar-refractivity contribution in [2.24, 2.45) is 0 Å². The van der Waals surface area contributed by atoms with Gasteiger partial charge in [0.15, 0.2) is 0 Å². The van der Waals surface area contributed by atoms with Crippen molar-refractivity contribution in [3.05, 3.63) is 0 Å². The van der Waals surface area contributed by atoms with E-state index in [9.17, 15) is 4.79 Å². The van der Waals surface area contributed by atoms with E-state index in [0.29, 0.717) is 0 Å². The van der Waals surface area contributed by atoms with Crippen LogP contribution in [0.4, 0.5) is 0 Å². The largest absolute Gasteiger partial charge is 0.480 e. The number of hydroxylamine groups is 1. The Labute approximate surface area is 48.1 Å². The van der Waals surface area contributed by atoms with E-state index in [0.717, 1.165) is 0 Å². The van der Waals surface area contributed by atoms with Crippen LogP contribution < -0.4 is 5.48 Å². The molecule has 0 aromatic heterocycles. The Kier molecular flexibility index (Phi) is 4.30. The second-order valence-electron chi connectivity index (χ2n) is 1.07. The van der Waals surface area contributed by atoms with Crippen molar-refractivity contribution in [3.8, 4) is 0 Å². The molecule has 0 saturated heterocycles. The number of hydrogen-bond acceptors (Lipinski definition) is 3. The smallest absolute Gasteiger partial charge is 0.320 e. The first-order chi connectivity index (χ1) is 3.77. The van der Waals surface area contributed by atoms with Crippen LogP contribution in [0.25, 0.3) is 0 Å². The van der Waals surface area contributed by atoms with Gasteiger partial charge in [0, 0.05) is 0 Å². The lowest BCUT2D eigenvalue weighted by Gasteiger charge is -1.96. The van der Waals surface area contributed by atoms with Gasteiger partial charge in [-0.1, -0.05) is 6.82 Å². The van der Waals surface area contributed by atoms with E-state index in [1.54, 1.807) is 6.82 Å². The standard InChI is InChI=1S/C3H7BNO3/c1-4-8-5-2-3(6)7/h5H,2H2,1H3,(H,6,7). The minimum Gasteiger partial charge on any atom is -0.480 e. The molecule has 4 nitrogen and oxygen atoms in total. The Morgan fingerprint density at radius 3 is 3.00 bits per heavy atom. The van der Waals surface area contributed by atoms with Crippen LogP contribution >= 0.6 is 0 Å². The van der Waals surface area contributed by atoms with Gasteiger partial charge in [-0.3, -0.25) is 4.79 Å². The molecule has 0 aromatic carbocycles. The molecule has 0 amide bonds. The monoisotopic (exact) mass is 116 g/mol. The van der Waals surface area contributed by atoms with Gasteiger partial charge in [-0.2, -0.15) is 0 Å². The summed E-state index contributed by atoms with van der Waals surface area (Å²) in [5.41, 5.74) is 2.18. The molecule has 0 saturated carbocycles. The average molecular weight is 116 g/mol. The van der Waals surface area contributed by atoms with Gasteiger partial charge in [0.2, 0.25) is 0 Å². The van der Waals surface area contributed by atoms with E-state index in [-0.39, 0.29) is 6.54 Å². The lowest BCUT2D eigenvalue weighted by molar-refractivity contribution is -0.137. The molecular weight excluding hydrogens is 109 g/mol. The molecule has 1 radical (unpaired) electrons. The maximum absolute atomic E-state index is 9.72. The van der Waals surface area contributed by atoms with E-state index in [4.69, 9.17) is 5.11 Å². The van der Waals surface area contributed by atoms with Crippen molar-refractivity contribution in [1.82, 2.24) is 5.48 Å². The topological polar surface area (TPSA) is 58.6 Å². The Morgan fingerprint density at radius 2 is 2.62 bits per heavy atom. The van der Waals surface area contributed by atoms with E-state index in [1.165, 1.54) is 7.48 Å². The number of carboxylic acid groups (broad SMARTS) is 1. The van der Waals surface area contributed by atoms with Crippen LogP contribution in [0.1, 0.15) is 0 Å². The van der Waals surface area contributed by atoms with Gasteiger partial charge < -0.3 is 9.86 Å². The third kappa shape index (κ3) is 5.45. The van der Waals surface area contributed by atoms with Crippen molar-refractivity contribution in [3.63, 3.8) is 0 Å². The third-order valence-electron chi connectivity index (χ3n) is 0.425. The first-order valence-electron chi connectivity index (χ1n) is 2.15. The predicted molar refractivity (Wildman–Crippen MR) is 28.3 cm³/mol. The number of nitrogens with one attached hydrogen (secondary N) is 1. The summed E-state index contributed by atoms with van der Waals surface area (Å²) in [6, 6.07) is 0. The Balaban J connectivity index is 2.82. The van der Waals surface area contributed by atoms with E-state index in [2.05, 4.69) is 10.2 Å². The average Bonchev–Trinajstić information content (AvgIpc) is 1.66. The fourth-order valence-electron chi connectivity index (χ4n) is 0.187. The normalized spacial score (nSPS) is 8.62. The zero-order chi connectivity index (χ0) is 6.41. The number of carbonyl (C=O) groups is 1. The Hall–Kier alpha value is -0.545. The summed E-state index contributed by atoms with van der Waals surface area (Å²) in [7, 11) is 1.36. The zero-order valence-electron chi connectivity index (χ0n) is 4.55. The van der Waals surface area contributed by atoms with Crippen LogP contribution in [0.5, 0.6) is 0 Å². The molecule has 0 unspecified atom stereocenters. The molecule has 0 rings (SSSR count). The second kappa shape index (κ2) is 4.61. The fourth-order valence-corrected chi connectivity index (χ4v) is 0.187. The van der Waals surface area contributed by atoms with Crippen LogP contribution in [0, 0.1) is 0 Å². The molecule has 45 valence electrons. The van der Waals surface area contributed by atoms with Crippen molar-refractivity contribution in [1.29, 1.82) is 0 Å². The Morgan fingerprint density at radius 1 is 2.00 bits per heavy atom. The molecule has 2 N–H and O–H groups in total. The van der Waals surface area contributed by atoms with Gasteiger partial charge in [-0.05, 0) is 0 Å². The van der Waals surface area contributed by atoms with Gasteiger partial charge >= 0.3 is 13.5 Å². The number of rotatable bonds is 4. The highest BCUT2D eigenvalue weighted by atomic mass is 16.6. The van der Waals surface area contributed by atoms with Crippen LogP contribution in [-0.4, -0.2) is 25.1 Å². The quantitative estimate of drug-likeness (QED) is 0.288. The van der Waals surface area contributed by atoms with E-state index >= 15 is 0 Å². The molecule has 0 fully saturated rings. The highest BCUT2D eigenvalue weighted by Gasteiger charge is 1.91. The SMILES string of the molecule is C[B]ONCC(=O)O. The molecule has 5 heteroatoms. The van der Waals surface area contributed by atoms with Crippen molar-refractivity contribution in [2.45, 2.75) is 6.82 Å². The molecule has 0 aliphatic heterocycles. The van der Waals surface area contributed by atoms with E-state index in [1.807, 2.05) is 0 Å². The second-order valence-corrected chi connectivity index (χ2v) is 1.07. The highest BCUT2D eigenvalue weighted by molar-refractivity contribution is 6.24. The molecule has 0 spiro atoms. The maximum atomic E-state index is 9.72. The van der Waals surface area contributed by atoms with Gasteiger partial charge in [-0.15, -0.1) is 0 Å². The molecule has 8 heavy (non-hydrogen) atoms. The van der Waals surface area contributed by atoms with Crippen LogP contribution in [0.3, 0.4) is 0 Å². The molecule has 0 heterocycles. The van der Waals surface area contributed by atoms with Crippen molar-refractivity contribution in [2.75, 3.05) is 6.54 Å². The van der Waals surface area contributed by atoms with Gasteiger partial charge in [0.05, 0.1) is 0 Å². The number of hydrogen-bond donors (Lipinski definition) is 2. The first-order valence-corrected chi connectivity index (χ1v) is 2.15. The molecule has 0 aromatic rings. The number of aliphatic carboxylic acids is 1. The predicted octanol–water partition coefficient (Wildman–Crippen LogP) is -0.741. The summed E-state index contributed by atoms with van der Waals surface area (Å²) in [6.45, 7) is 1.47. The highest BCUT2D eigenvalue weighted by Crippen LogP contribution is 1.60. The molecular formula is C3H7BNO3. The third-order valence-corrected chi connectivity index (χ3v) is 0.425. The van der Waals surface area contributed by atoms with Gasteiger partial charge in [0.25, 0.3) is 0 Å². The van der Waals surface area contributed by atoms with Gasteiger partial charge in [0.1, 0.15) is 6.54 Å². The van der Waals surface area contributed by atoms with Crippen molar-refractivity contribution >= 4 is 13.5 Å². The number of carboxylic acids is 1. The lowest BCUT2D eigenvalue weighted by Crippen LogP contribution is -2.23. The van der Waals surface area contributed by atoms with Crippen LogP contribution in [0.15, 0.2) is 0 Å².